The number of carbonyl (C=O) groups excluding carboxylic acids is 1. The largest absolute Gasteiger partial charge is 0.355 e. The third-order valence-electron chi connectivity index (χ3n) is 10.1. The Hall–Kier alpha value is -3.80. The Labute approximate surface area is 237 Å². The van der Waals surface area contributed by atoms with E-state index in [1.54, 1.807) is 12.1 Å². The minimum absolute atomic E-state index is 0.0119. The lowest BCUT2D eigenvalue weighted by Gasteiger charge is -2.46. The van der Waals surface area contributed by atoms with Gasteiger partial charge in [0.25, 0.3) is 5.91 Å². The van der Waals surface area contributed by atoms with E-state index < -0.39 is 28.5 Å². The number of piperidine rings is 1. The number of hydrogen-bond acceptors (Lipinski definition) is 5. The molecule has 9 heteroatoms. The van der Waals surface area contributed by atoms with Crippen LogP contribution < -0.4 is 15.6 Å². The molecule has 3 saturated carbocycles. The van der Waals surface area contributed by atoms with E-state index in [1.165, 1.54) is 36.1 Å². The van der Waals surface area contributed by atoms with E-state index in [4.69, 9.17) is 4.98 Å². The molecule has 1 N–H and O–H groups in total. The summed E-state index contributed by atoms with van der Waals surface area (Å²) in [7, 11) is 0. The highest BCUT2D eigenvalue weighted by Gasteiger charge is 2.53. The molecule has 1 aromatic carbocycles. The van der Waals surface area contributed by atoms with Crippen molar-refractivity contribution in [3.63, 3.8) is 0 Å². The summed E-state index contributed by atoms with van der Waals surface area (Å²) in [4.78, 5) is 34.3. The number of pyridine rings is 2. The molecular formula is C32H33F2N5O2. The molecule has 41 heavy (non-hydrogen) atoms. The van der Waals surface area contributed by atoms with Crippen LogP contribution in [0.2, 0.25) is 0 Å². The Kier molecular flexibility index (Phi) is 6.14. The highest BCUT2D eigenvalue weighted by Crippen LogP contribution is 2.60. The Morgan fingerprint density at radius 3 is 2.80 bits per heavy atom. The first-order valence-corrected chi connectivity index (χ1v) is 14.7. The normalized spacial score (nSPS) is 30.4. The minimum Gasteiger partial charge on any atom is -0.355 e. The van der Waals surface area contributed by atoms with Crippen LogP contribution in [0.15, 0.2) is 41.3 Å². The van der Waals surface area contributed by atoms with Crippen LogP contribution in [0.25, 0.3) is 16.7 Å². The monoisotopic (exact) mass is 557 g/mol. The molecular weight excluding hydrogens is 524 g/mol. The van der Waals surface area contributed by atoms with Gasteiger partial charge in [-0.05, 0) is 99.8 Å². The molecule has 2 aromatic heterocycles. The second-order valence-corrected chi connectivity index (χ2v) is 13.0. The zero-order valence-electron chi connectivity index (χ0n) is 23.1. The Morgan fingerprint density at radius 1 is 1.15 bits per heavy atom. The number of nitrogens with zero attached hydrogens (tertiary/aromatic N) is 4. The lowest BCUT2D eigenvalue weighted by atomic mass is 9.62. The fourth-order valence-electron chi connectivity index (χ4n) is 8.32. The number of nitriles is 1. The summed E-state index contributed by atoms with van der Waals surface area (Å²) in [5, 5.41) is 12.8. The van der Waals surface area contributed by atoms with Gasteiger partial charge >= 0.3 is 0 Å². The Bertz CT molecular complexity index is 1660. The summed E-state index contributed by atoms with van der Waals surface area (Å²) in [6, 6.07) is 8.85. The van der Waals surface area contributed by atoms with E-state index in [9.17, 15) is 19.2 Å². The van der Waals surface area contributed by atoms with E-state index in [0.717, 1.165) is 49.7 Å². The van der Waals surface area contributed by atoms with Crippen molar-refractivity contribution in [2.45, 2.75) is 57.4 Å². The molecule has 7 rings (SSSR count). The van der Waals surface area contributed by atoms with Crippen molar-refractivity contribution < 1.29 is 13.6 Å². The molecule has 4 aliphatic rings. The standard InChI is InChI=1S/C32H33F2N5O2/c1-32(13-19-9-20-11-21(14-32)24(20)10-19)37-31(41)25-17-39(27-6-4-22(33)12-26(27)34)30-23(29(25)40)5-7-28(36-30)38-8-2-3-18(15-35)16-38/h4-7,12,17-21,24H,2-3,8-11,13-14,16H2,1H3,(H,37,41). The molecule has 212 valence electrons. The number of aromatic nitrogens is 2. The topological polar surface area (TPSA) is 91.0 Å². The van der Waals surface area contributed by atoms with Crippen LogP contribution in [0.3, 0.4) is 0 Å². The third kappa shape index (κ3) is 4.48. The van der Waals surface area contributed by atoms with E-state index in [2.05, 4.69) is 18.3 Å². The van der Waals surface area contributed by atoms with Gasteiger partial charge in [0.05, 0.1) is 23.1 Å². The molecule has 3 aliphatic carbocycles. The maximum Gasteiger partial charge on any atom is 0.257 e. The van der Waals surface area contributed by atoms with E-state index in [1.807, 2.05) is 4.90 Å². The minimum atomic E-state index is -0.831. The van der Waals surface area contributed by atoms with Crippen LogP contribution in [-0.4, -0.2) is 34.1 Å². The molecule has 1 aliphatic heterocycles. The zero-order valence-corrected chi connectivity index (χ0v) is 23.1. The van der Waals surface area contributed by atoms with Gasteiger partial charge in [-0.1, -0.05) is 0 Å². The van der Waals surface area contributed by atoms with Crippen molar-refractivity contribution in [2.24, 2.45) is 29.6 Å². The van der Waals surface area contributed by atoms with Crippen LogP contribution in [0, 0.1) is 52.6 Å². The molecule has 6 atom stereocenters. The summed E-state index contributed by atoms with van der Waals surface area (Å²) in [6.07, 6.45) is 8.44. The molecule has 7 nitrogen and oxygen atoms in total. The van der Waals surface area contributed by atoms with Crippen LogP contribution >= 0.6 is 0 Å². The highest BCUT2D eigenvalue weighted by atomic mass is 19.1. The summed E-state index contributed by atoms with van der Waals surface area (Å²) >= 11 is 0. The van der Waals surface area contributed by atoms with Gasteiger partial charge in [-0.2, -0.15) is 5.26 Å². The van der Waals surface area contributed by atoms with Gasteiger partial charge in [0.15, 0.2) is 5.65 Å². The van der Waals surface area contributed by atoms with E-state index in [0.29, 0.717) is 30.7 Å². The number of benzene rings is 1. The Morgan fingerprint density at radius 2 is 2.00 bits per heavy atom. The fourth-order valence-corrected chi connectivity index (χ4v) is 8.32. The SMILES string of the molecule is CC1(NC(=O)c2cn(-c3ccc(F)cc3F)c3nc(N4CCCC(C#N)C4)ccc3c2=O)CC2CC3CC(C1)C3C2. The molecule has 0 spiro atoms. The molecule has 1 saturated heterocycles. The van der Waals surface area contributed by atoms with Crippen LogP contribution in [0.5, 0.6) is 0 Å². The number of hydrogen-bond donors (Lipinski definition) is 1. The lowest BCUT2D eigenvalue weighted by molar-refractivity contribution is 0.0570. The van der Waals surface area contributed by atoms with Gasteiger partial charge < -0.3 is 10.2 Å². The van der Waals surface area contributed by atoms with Crippen LogP contribution in [0.1, 0.15) is 62.2 Å². The first-order valence-electron chi connectivity index (χ1n) is 14.7. The number of halogens is 2. The highest BCUT2D eigenvalue weighted by molar-refractivity contribution is 5.97. The van der Waals surface area contributed by atoms with Gasteiger partial charge in [-0.3, -0.25) is 14.2 Å². The van der Waals surface area contributed by atoms with Gasteiger partial charge in [-0.15, -0.1) is 0 Å². The predicted octanol–water partition coefficient (Wildman–Crippen LogP) is 5.35. The second-order valence-electron chi connectivity index (χ2n) is 13.0. The average Bonchev–Trinajstić information content (AvgIpc) is 3.21. The van der Waals surface area contributed by atoms with Gasteiger partial charge in [-0.25, -0.2) is 13.8 Å². The molecule has 4 fully saturated rings. The Balaban J connectivity index is 1.30. The van der Waals surface area contributed by atoms with Crippen molar-refractivity contribution in [1.82, 2.24) is 14.9 Å². The molecule has 3 aromatic rings. The zero-order chi connectivity index (χ0) is 28.5. The summed E-state index contributed by atoms with van der Waals surface area (Å²) in [6.45, 7) is 3.29. The number of rotatable bonds is 4. The number of carbonyl (C=O) groups is 1. The van der Waals surface area contributed by atoms with Crippen molar-refractivity contribution in [3.8, 4) is 11.8 Å². The predicted molar refractivity (Wildman–Crippen MR) is 151 cm³/mol. The molecule has 3 heterocycles. The van der Waals surface area contributed by atoms with Gasteiger partial charge in [0, 0.05) is 30.9 Å². The van der Waals surface area contributed by atoms with E-state index in [-0.39, 0.29) is 28.2 Å². The van der Waals surface area contributed by atoms with Crippen molar-refractivity contribution >= 4 is 22.8 Å². The number of amides is 1. The third-order valence-corrected chi connectivity index (χ3v) is 10.1. The maximum atomic E-state index is 15.1. The molecule has 1 amide bonds. The lowest BCUT2D eigenvalue weighted by Crippen LogP contribution is -2.51. The fraction of sp³-hybridized carbons (Fsp3) is 0.500. The summed E-state index contributed by atoms with van der Waals surface area (Å²) in [5.41, 5.74) is -0.839. The smallest absolute Gasteiger partial charge is 0.257 e. The number of fused-ring (bicyclic) bond motifs is 2. The van der Waals surface area contributed by atoms with Crippen LogP contribution in [-0.2, 0) is 0 Å². The molecule has 6 unspecified atom stereocenters. The van der Waals surface area contributed by atoms with Crippen LogP contribution in [0.4, 0.5) is 14.6 Å². The average molecular weight is 558 g/mol. The van der Waals surface area contributed by atoms with E-state index >= 15 is 4.39 Å². The second kappa shape index (κ2) is 9.64. The summed E-state index contributed by atoms with van der Waals surface area (Å²) in [5.74, 6) is 1.19. The quantitative estimate of drug-likeness (QED) is 0.467. The van der Waals surface area contributed by atoms with Crippen molar-refractivity contribution in [2.75, 3.05) is 18.0 Å². The molecule has 2 bridgehead atoms. The first-order chi connectivity index (χ1) is 19.7. The first kappa shape index (κ1) is 26.1. The number of anilines is 1. The van der Waals surface area contributed by atoms with Crippen molar-refractivity contribution in [3.05, 3.63) is 63.9 Å². The van der Waals surface area contributed by atoms with Gasteiger partial charge in [0.1, 0.15) is 23.0 Å². The summed E-state index contributed by atoms with van der Waals surface area (Å²) < 4.78 is 30.4. The van der Waals surface area contributed by atoms with Gasteiger partial charge in [0.2, 0.25) is 5.43 Å². The molecule has 0 radical (unpaired) electrons. The maximum absolute atomic E-state index is 15.1. The number of nitrogens with one attached hydrogen (secondary N) is 1. The van der Waals surface area contributed by atoms with Crippen molar-refractivity contribution in [1.29, 1.82) is 5.26 Å².